The van der Waals surface area contributed by atoms with Gasteiger partial charge in [-0.3, -0.25) is 4.79 Å². The molecule has 4 nitrogen and oxygen atoms in total. The van der Waals surface area contributed by atoms with E-state index < -0.39 is 5.97 Å². The van der Waals surface area contributed by atoms with E-state index in [1.54, 1.807) is 30.1 Å². The van der Waals surface area contributed by atoms with Gasteiger partial charge in [-0.15, -0.1) is 0 Å². The summed E-state index contributed by atoms with van der Waals surface area (Å²) in [5.41, 5.74) is 0.715. The Morgan fingerprint density at radius 2 is 1.76 bits per heavy atom. The maximum absolute atomic E-state index is 12.9. The van der Waals surface area contributed by atoms with E-state index >= 15 is 0 Å². The van der Waals surface area contributed by atoms with Gasteiger partial charge in [0.05, 0.1) is 18.4 Å². The van der Waals surface area contributed by atoms with E-state index in [4.69, 9.17) is 4.74 Å². The van der Waals surface area contributed by atoms with Crippen LogP contribution < -0.4 is 4.90 Å². The van der Waals surface area contributed by atoms with E-state index in [2.05, 4.69) is 0 Å². The van der Waals surface area contributed by atoms with Crippen LogP contribution in [0.15, 0.2) is 24.3 Å². The zero-order valence-corrected chi connectivity index (χ0v) is 13.0. The zero-order valence-electron chi connectivity index (χ0n) is 13.0. The summed E-state index contributed by atoms with van der Waals surface area (Å²) < 4.78 is 4.80. The number of methoxy groups -OCH3 is 1. The number of carbonyl (C=O) groups excluding carboxylic acids is 2. The van der Waals surface area contributed by atoms with Gasteiger partial charge >= 0.3 is 5.97 Å². The highest BCUT2D eigenvalue weighted by Crippen LogP contribution is 2.38. The first-order valence-electron chi connectivity index (χ1n) is 7.45. The van der Waals surface area contributed by atoms with Crippen molar-refractivity contribution in [2.45, 2.75) is 39.0 Å². The molecule has 0 saturated heterocycles. The fourth-order valence-electron chi connectivity index (χ4n) is 3.11. The molecule has 1 aromatic rings. The average Bonchev–Trinajstić information content (AvgIpc) is 2.53. The second kappa shape index (κ2) is 6.29. The number of anilines is 1. The average molecular weight is 289 g/mol. The summed E-state index contributed by atoms with van der Waals surface area (Å²) in [7, 11) is 3.09. The van der Waals surface area contributed by atoms with Gasteiger partial charge in [-0.05, 0) is 25.0 Å². The van der Waals surface area contributed by atoms with Crippen molar-refractivity contribution in [2.75, 3.05) is 19.1 Å². The molecule has 0 unspecified atom stereocenters. The number of amides is 1. The minimum atomic E-state index is -0.418. The van der Waals surface area contributed by atoms with Crippen molar-refractivity contribution in [1.82, 2.24) is 0 Å². The van der Waals surface area contributed by atoms with Crippen molar-refractivity contribution >= 4 is 17.6 Å². The van der Waals surface area contributed by atoms with E-state index in [0.717, 1.165) is 25.7 Å². The molecule has 21 heavy (non-hydrogen) atoms. The van der Waals surface area contributed by atoms with Crippen molar-refractivity contribution in [3.8, 4) is 0 Å². The lowest BCUT2D eigenvalue weighted by Gasteiger charge is -2.36. The summed E-state index contributed by atoms with van der Waals surface area (Å²) in [6.07, 6.45) is 5.21. The highest BCUT2D eigenvalue weighted by molar-refractivity contribution is 6.04. The monoisotopic (exact) mass is 289 g/mol. The lowest BCUT2D eigenvalue weighted by molar-refractivity contribution is -0.128. The number of hydrogen-bond acceptors (Lipinski definition) is 3. The highest BCUT2D eigenvalue weighted by Gasteiger charge is 2.37. The number of rotatable bonds is 3. The van der Waals surface area contributed by atoms with Crippen molar-refractivity contribution < 1.29 is 14.3 Å². The summed E-state index contributed by atoms with van der Waals surface area (Å²) in [6.45, 7) is 2.03. The summed E-state index contributed by atoms with van der Waals surface area (Å²) in [5.74, 6) is -0.336. The number of hydrogen-bond donors (Lipinski definition) is 0. The Kier molecular flexibility index (Phi) is 4.66. The maximum atomic E-state index is 12.9. The smallest absolute Gasteiger partial charge is 0.339 e. The third-order valence-electron chi connectivity index (χ3n) is 4.45. The van der Waals surface area contributed by atoms with Crippen LogP contribution in [0.4, 0.5) is 5.69 Å². The van der Waals surface area contributed by atoms with Gasteiger partial charge in [0.15, 0.2) is 0 Å². The Labute approximate surface area is 126 Å². The first kappa shape index (κ1) is 15.5. The minimum Gasteiger partial charge on any atom is -0.465 e. The largest absolute Gasteiger partial charge is 0.465 e. The third-order valence-corrected chi connectivity index (χ3v) is 4.45. The van der Waals surface area contributed by atoms with Gasteiger partial charge < -0.3 is 9.64 Å². The molecule has 0 N–H and O–H groups in total. The van der Waals surface area contributed by atoms with E-state index in [1.165, 1.54) is 13.5 Å². The molecule has 0 bridgehead atoms. The summed E-state index contributed by atoms with van der Waals surface area (Å²) in [6, 6.07) is 7.08. The highest BCUT2D eigenvalue weighted by atomic mass is 16.5. The van der Waals surface area contributed by atoms with Gasteiger partial charge in [-0.25, -0.2) is 4.79 Å². The fourth-order valence-corrected chi connectivity index (χ4v) is 3.11. The first-order valence-corrected chi connectivity index (χ1v) is 7.45. The Morgan fingerprint density at radius 3 is 2.38 bits per heavy atom. The number of nitrogens with zero attached hydrogens (tertiary/aromatic N) is 1. The number of carbonyl (C=O) groups is 2. The molecular formula is C17H23NO3. The molecule has 2 rings (SSSR count). The van der Waals surface area contributed by atoms with E-state index in [-0.39, 0.29) is 11.3 Å². The summed E-state index contributed by atoms with van der Waals surface area (Å²) in [5, 5.41) is 0. The number of benzene rings is 1. The van der Waals surface area contributed by atoms with E-state index in [0.29, 0.717) is 11.3 Å². The molecule has 1 aliphatic rings. The molecule has 1 amide bonds. The van der Waals surface area contributed by atoms with Crippen LogP contribution in [0.2, 0.25) is 0 Å². The van der Waals surface area contributed by atoms with Crippen molar-refractivity contribution in [1.29, 1.82) is 0 Å². The third kappa shape index (κ3) is 3.09. The molecule has 114 valence electrons. The Bertz CT molecular complexity index is 533. The van der Waals surface area contributed by atoms with Crippen molar-refractivity contribution in [3.63, 3.8) is 0 Å². The molecule has 0 aromatic heterocycles. The minimum absolute atomic E-state index is 0.0820. The Balaban J connectivity index is 2.29. The Hall–Kier alpha value is -1.84. The molecule has 0 heterocycles. The molecule has 1 saturated carbocycles. The van der Waals surface area contributed by atoms with Gasteiger partial charge in [0, 0.05) is 12.5 Å². The van der Waals surface area contributed by atoms with E-state index in [9.17, 15) is 9.59 Å². The predicted octanol–water partition coefficient (Wildman–Crippen LogP) is 3.41. The number of ether oxygens (including phenoxy) is 1. The molecule has 0 aliphatic heterocycles. The molecular weight excluding hydrogens is 266 g/mol. The van der Waals surface area contributed by atoms with Crippen LogP contribution in [0.1, 0.15) is 49.4 Å². The molecule has 4 heteroatoms. The van der Waals surface area contributed by atoms with E-state index in [1.807, 2.05) is 13.0 Å². The molecule has 0 spiro atoms. The van der Waals surface area contributed by atoms with Gasteiger partial charge in [0.25, 0.3) is 0 Å². The first-order chi connectivity index (χ1) is 9.99. The molecule has 1 aromatic carbocycles. The van der Waals surface area contributed by atoms with Crippen molar-refractivity contribution in [2.24, 2.45) is 5.41 Å². The second-order valence-electron chi connectivity index (χ2n) is 5.99. The molecule has 0 atom stereocenters. The van der Waals surface area contributed by atoms with Crippen LogP contribution in [0, 0.1) is 5.41 Å². The van der Waals surface area contributed by atoms with Crippen LogP contribution in [-0.4, -0.2) is 26.0 Å². The normalized spacial score (nSPS) is 17.1. The van der Waals surface area contributed by atoms with Crippen LogP contribution in [-0.2, 0) is 9.53 Å². The van der Waals surface area contributed by atoms with Crippen LogP contribution in [0.5, 0.6) is 0 Å². The predicted molar refractivity (Wildman–Crippen MR) is 82.4 cm³/mol. The van der Waals surface area contributed by atoms with Gasteiger partial charge in [0.1, 0.15) is 0 Å². The van der Waals surface area contributed by atoms with Crippen LogP contribution in [0.3, 0.4) is 0 Å². The quantitative estimate of drug-likeness (QED) is 0.801. The fraction of sp³-hybridized carbons (Fsp3) is 0.529. The summed E-state index contributed by atoms with van der Waals surface area (Å²) >= 11 is 0. The standard InChI is InChI=1S/C17H23NO3/c1-17(11-7-4-8-12-17)16(20)18(2)14-10-6-5-9-13(14)15(19)21-3/h5-6,9-10H,4,7-8,11-12H2,1-3H3. The SMILES string of the molecule is COC(=O)c1ccccc1N(C)C(=O)C1(C)CCCCC1. The van der Waals surface area contributed by atoms with Gasteiger partial charge in [-0.1, -0.05) is 38.3 Å². The van der Waals surface area contributed by atoms with Gasteiger partial charge in [-0.2, -0.15) is 0 Å². The summed E-state index contributed by atoms with van der Waals surface area (Å²) in [4.78, 5) is 26.3. The lowest BCUT2D eigenvalue weighted by Crippen LogP contribution is -2.42. The molecule has 0 radical (unpaired) electrons. The van der Waals surface area contributed by atoms with Crippen molar-refractivity contribution in [3.05, 3.63) is 29.8 Å². The Morgan fingerprint density at radius 1 is 1.14 bits per heavy atom. The molecule has 1 fully saturated rings. The lowest BCUT2D eigenvalue weighted by atomic mass is 9.74. The number of esters is 1. The zero-order chi connectivity index (χ0) is 15.5. The topological polar surface area (TPSA) is 46.6 Å². The molecule has 1 aliphatic carbocycles. The second-order valence-corrected chi connectivity index (χ2v) is 5.99. The van der Waals surface area contributed by atoms with Crippen LogP contribution in [0.25, 0.3) is 0 Å². The van der Waals surface area contributed by atoms with Gasteiger partial charge in [0.2, 0.25) is 5.91 Å². The number of para-hydroxylation sites is 1. The maximum Gasteiger partial charge on any atom is 0.339 e. The van der Waals surface area contributed by atoms with Crippen LogP contribution >= 0.6 is 0 Å².